The van der Waals surface area contributed by atoms with Crippen LogP contribution in [-0.4, -0.2) is 12.6 Å². The predicted molar refractivity (Wildman–Crippen MR) is 77.4 cm³/mol. The molecule has 0 aliphatic rings. The lowest BCUT2D eigenvalue weighted by atomic mass is 9.92. The van der Waals surface area contributed by atoms with Gasteiger partial charge in [0.25, 0.3) is 0 Å². The predicted octanol–water partition coefficient (Wildman–Crippen LogP) is 4.43. The molecule has 0 saturated carbocycles. The van der Waals surface area contributed by atoms with Gasteiger partial charge in [-0.15, -0.1) is 6.58 Å². The zero-order chi connectivity index (χ0) is 14.0. The number of carbonyl (C=O) groups excluding carboxylic acids is 1. The highest BCUT2D eigenvalue weighted by Gasteiger charge is 2.07. The van der Waals surface area contributed by atoms with Crippen LogP contribution in [0, 0.1) is 5.92 Å². The first-order valence-electron chi connectivity index (χ1n) is 6.52. The third kappa shape index (κ3) is 8.80. The Morgan fingerprint density at radius 2 is 2.00 bits per heavy atom. The summed E-state index contributed by atoms with van der Waals surface area (Å²) in [6, 6.07) is 0. The summed E-state index contributed by atoms with van der Waals surface area (Å²) in [4.78, 5) is 10.6. The van der Waals surface area contributed by atoms with Crippen molar-refractivity contribution in [3.8, 4) is 0 Å². The van der Waals surface area contributed by atoms with Gasteiger partial charge in [-0.1, -0.05) is 29.9 Å². The van der Waals surface area contributed by atoms with Crippen LogP contribution in [0.2, 0.25) is 0 Å². The minimum atomic E-state index is -0.214. The Morgan fingerprint density at radius 1 is 1.33 bits per heavy atom. The number of allylic oxidation sites excluding steroid dienone is 3. The van der Waals surface area contributed by atoms with E-state index in [1.807, 2.05) is 6.08 Å². The van der Waals surface area contributed by atoms with Gasteiger partial charge in [-0.2, -0.15) is 0 Å². The lowest BCUT2D eigenvalue weighted by Crippen LogP contribution is -2.02. The van der Waals surface area contributed by atoms with Gasteiger partial charge in [0.15, 0.2) is 0 Å². The Kier molecular flexibility index (Phi) is 8.99. The quantitative estimate of drug-likeness (QED) is 0.447. The van der Waals surface area contributed by atoms with Crippen LogP contribution in [0.3, 0.4) is 0 Å². The Balaban J connectivity index is 4.09. The fourth-order valence-corrected chi connectivity index (χ4v) is 1.69. The fourth-order valence-electron chi connectivity index (χ4n) is 1.69. The van der Waals surface area contributed by atoms with Crippen molar-refractivity contribution < 1.29 is 9.53 Å². The van der Waals surface area contributed by atoms with Crippen LogP contribution in [-0.2, 0) is 9.53 Å². The Bertz CT molecular complexity index is 313. The molecule has 0 aromatic carbocycles. The molecule has 0 aromatic rings. The van der Waals surface area contributed by atoms with Crippen LogP contribution >= 0.6 is 0 Å². The van der Waals surface area contributed by atoms with Crippen molar-refractivity contribution in [3.05, 3.63) is 36.5 Å². The van der Waals surface area contributed by atoms with Gasteiger partial charge in [0, 0.05) is 13.3 Å². The monoisotopic (exact) mass is 250 g/mol. The smallest absolute Gasteiger partial charge is 0.302 e. The summed E-state index contributed by atoms with van der Waals surface area (Å²) in [5, 5.41) is 0. The number of hydrogen-bond acceptors (Lipinski definition) is 2. The average molecular weight is 250 g/mol. The molecule has 1 atom stereocenters. The van der Waals surface area contributed by atoms with Crippen molar-refractivity contribution >= 4 is 5.97 Å². The first-order chi connectivity index (χ1) is 8.47. The summed E-state index contributed by atoms with van der Waals surface area (Å²) in [6.45, 7) is 13.9. The Morgan fingerprint density at radius 3 is 2.50 bits per heavy atom. The number of ether oxygens (including phenoxy) is 1. The van der Waals surface area contributed by atoms with Gasteiger partial charge in [-0.05, 0) is 39.0 Å². The lowest BCUT2D eigenvalue weighted by molar-refractivity contribution is -0.140. The first kappa shape index (κ1) is 16.7. The van der Waals surface area contributed by atoms with Gasteiger partial charge in [0.1, 0.15) is 0 Å². The molecule has 0 bridgehead atoms. The van der Waals surface area contributed by atoms with Gasteiger partial charge < -0.3 is 4.74 Å². The fraction of sp³-hybridized carbons (Fsp3) is 0.562. The van der Waals surface area contributed by atoms with E-state index in [0.29, 0.717) is 12.5 Å². The van der Waals surface area contributed by atoms with Gasteiger partial charge in [-0.3, -0.25) is 4.79 Å². The SMILES string of the molecule is C=CCCC(C/C=C(\C)CCOC(C)=O)C(=C)C. The molecule has 0 spiro atoms. The second-order valence-electron chi connectivity index (χ2n) is 4.79. The standard InChI is InChI=1S/C16H26O2/c1-6-7-8-16(13(2)3)10-9-14(4)11-12-18-15(5)17/h6,9,16H,1-2,7-8,10-12H2,3-5H3/b14-9+. The summed E-state index contributed by atoms with van der Waals surface area (Å²) in [7, 11) is 0. The maximum atomic E-state index is 10.6. The highest BCUT2D eigenvalue weighted by atomic mass is 16.5. The molecule has 18 heavy (non-hydrogen) atoms. The molecule has 0 rings (SSSR count). The van der Waals surface area contributed by atoms with Gasteiger partial charge in [-0.25, -0.2) is 0 Å². The first-order valence-corrected chi connectivity index (χ1v) is 6.52. The van der Waals surface area contributed by atoms with E-state index in [1.54, 1.807) is 0 Å². The summed E-state index contributed by atoms with van der Waals surface area (Å²) in [5.74, 6) is 0.306. The molecule has 0 heterocycles. The van der Waals surface area contributed by atoms with Crippen LogP contribution in [0.4, 0.5) is 0 Å². The van der Waals surface area contributed by atoms with Crippen LogP contribution in [0.5, 0.6) is 0 Å². The van der Waals surface area contributed by atoms with E-state index in [1.165, 1.54) is 18.1 Å². The molecule has 0 saturated heterocycles. The second kappa shape index (κ2) is 9.69. The van der Waals surface area contributed by atoms with Crippen molar-refractivity contribution in [3.63, 3.8) is 0 Å². The van der Waals surface area contributed by atoms with E-state index in [0.717, 1.165) is 25.7 Å². The topological polar surface area (TPSA) is 26.3 Å². The van der Waals surface area contributed by atoms with Crippen LogP contribution in [0.1, 0.15) is 46.5 Å². The third-order valence-corrected chi connectivity index (χ3v) is 2.97. The van der Waals surface area contributed by atoms with Crippen LogP contribution < -0.4 is 0 Å². The van der Waals surface area contributed by atoms with Crippen molar-refractivity contribution in [1.82, 2.24) is 0 Å². The molecular formula is C16H26O2. The van der Waals surface area contributed by atoms with Gasteiger partial charge in [0.2, 0.25) is 0 Å². The molecule has 0 amide bonds. The molecule has 2 heteroatoms. The zero-order valence-electron chi connectivity index (χ0n) is 12.0. The van der Waals surface area contributed by atoms with Crippen LogP contribution in [0.15, 0.2) is 36.5 Å². The summed E-state index contributed by atoms with van der Waals surface area (Å²) < 4.78 is 4.92. The molecule has 102 valence electrons. The molecule has 0 radical (unpaired) electrons. The molecule has 0 N–H and O–H groups in total. The molecular weight excluding hydrogens is 224 g/mol. The summed E-state index contributed by atoms with van der Waals surface area (Å²) in [5.41, 5.74) is 2.49. The lowest BCUT2D eigenvalue weighted by Gasteiger charge is -2.14. The highest BCUT2D eigenvalue weighted by molar-refractivity contribution is 5.65. The minimum Gasteiger partial charge on any atom is -0.466 e. The number of carbonyl (C=O) groups is 1. The number of esters is 1. The summed E-state index contributed by atoms with van der Waals surface area (Å²) >= 11 is 0. The van der Waals surface area contributed by atoms with E-state index in [-0.39, 0.29) is 5.97 Å². The van der Waals surface area contributed by atoms with E-state index in [2.05, 4.69) is 33.1 Å². The average Bonchev–Trinajstić information content (AvgIpc) is 2.28. The largest absolute Gasteiger partial charge is 0.466 e. The molecule has 0 aliphatic carbocycles. The van der Waals surface area contributed by atoms with Gasteiger partial charge in [0.05, 0.1) is 6.61 Å². The van der Waals surface area contributed by atoms with E-state index >= 15 is 0 Å². The molecule has 0 fully saturated rings. The van der Waals surface area contributed by atoms with E-state index < -0.39 is 0 Å². The summed E-state index contributed by atoms with van der Waals surface area (Å²) in [6.07, 6.45) is 8.13. The van der Waals surface area contributed by atoms with Crippen molar-refractivity contribution in [1.29, 1.82) is 0 Å². The Labute approximate surface area is 111 Å². The molecule has 1 unspecified atom stereocenters. The maximum Gasteiger partial charge on any atom is 0.302 e. The number of rotatable bonds is 9. The maximum absolute atomic E-state index is 10.6. The molecule has 2 nitrogen and oxygen atoms in total. The molecule has 0 aromatic heterocycles. The van der Waals surface area contributed by atoms with E-state index in [9.17, 15) is 4.79 Å². The normalized spacial score (nSPS) is 12.9. The Hall–Kier alpha value is -1.31. The van der Waals surface area contributed by atoms with Gasteiger partial charge >= 0.3 is 5.97 Å². The van der Waals surface area contributed by atoms with Crippen molar-refractivity contribution in [2.45, 2.75) is 46.5 Å². The van der Waals surface area contributed by atoms with Crippen molar-refractivity contribution in [2.24, 2.45) is 5.92 Å². The molecule has 0 aliphatic heterocycles. The van der Waals surface area contributed by atoms with Crippen LogP contribution in [0.25, 0.3) is 0 Å². The van der Waals surface area contributed by atoms with E-state index in [4.69, 9.17) is 4.74 Å². The highest BCUT2D eigenvalue weighted by Crippen LogP contribution is 2.21. The second-order valence-corrected chi connectivity index (χ2v) is 4.79. The third-order valence-electron chi connectivity index (χ3n) is 2.97. The van der Waals surface area contributed by atoms with Crippen molar-refractivity contribution in [2.75, 3.05) is 6.61 Å². The zero-order valence-corrected chi connectivity index (χ0v) is 12.0. The minimum absolute atomic E-state index is 0.214. The number of hydrogen-bond donors (Lipinski definition) is 0.